The van der Waals surface area contributed by atoms with E-state index in [0.717, 1.165) is 0 Å². The van der Waals surface area contributed by atoms with Gasteiger partial charge in [-0.2, -0.15) is 4.89 Å². The molecular formula is C7H8CuO3P+. The number of hydrogen-bond donors (Lipinski definition) is 2. The van der Waals surface area contributed by atoms with Crippen molar-refractivity contribution in [3.8, 4) is 0 Å². The fourth-order valence-electron chi connectivity index (χ4n) is 0.753. The van der Waals surface area contributed by atoms with Crippen LogP contribution in [0.15, 0.2) is 30.3 Å². The Kier molecular flexibility index (Phi) is 5.30. The van der Waals surface area contributed by atoms with E-state index in [1.807, 2.05) is 0 Å². The SMILES string of the molecule is O=[P+](O)C(O)c1ccccc1.[Cu]. The second-order valence-electron chi connectivity index (χ2n) is 2.09. The fourth-order valence-corrected chi connectivity index (χ4v) is 1.18. The molecular weight excluding hydrogens is 227 g/mol. The van der Waals surface area contributed by atoms with E-state index in [1.54, 1.807) is 30.3 Å². The van der Waals surface area contributed by atoms with Crippen LogP contribution in [0.2, 0.25) is 0 Å². The molecule has 69 valence electrons. The van der Waals surface area contributed by atoms with E-state index in [2.05, 4.69) is 0 Å². The van der Waals surface area contributed by atoms with Crippen molar-refractivity contribution in [2.45, 2.75) is 5.85 Å². The van der Waals surface area contributed by atoms with Gasteiger partial charge in [0.2, 0.25) is 0 Å². The molecule has 0 spiro atoms. The monoisotopic (exact) mass is 234 g/mol. The molecule has 0 aromatic heterocycles. The Morgan fingerprint density at radius 1 is 1.25 bits per heavy atom. The Labute approximate surface area is 81.8 Å². The summed E-state index contributed by atoms with van der Waals surface area (Å²) in [6, 6.07) is 8.40. The second-order valence-corrected chi connectivity index (χ2v) is 3.18. The van der Waals surface area contributed by atoms with E-state index in [1.165, 1.54) is 0 Å². The Hall–Kier alpha value is -0.241. The molecule has 1 rings (SSSR count). The van der Waals surface area contributed by atoms with Crippen LogP contribution in [-0.2, 0) is 21.6 Å². The quantitative estimate of drug-likeness (QED) is 0.601. The van der Waals surface area contributed by atoms with Crippen LogP contribution in [0, 0.1) is 0 Å². The zero-order chi connectivity index (χ0) is 8.27. The molecule has 0 aliphatic rings. The first kappa shape index (κ1) is 11.8. The van der Waals surface area contributed by atoms with Gasteiger partial charge >= 0.3 is 13.9 Å². The minimum absolute atomic E-state index is 0. The van der Waals surface area contributed by atoms with Crippen LogP contribution >= 0.6 is 8.03 Å². The van der Waals surface area contributed by atoms with Crippen molar-refractivity contribution in [3.63, 3.8) is 0 Å². The molecule has 0 fully saturated rings. The maximum Gasteiger partial charge on any atom is 0.542 e. The molecule has 2 unspecified atom stereocenters. The number of rotatable bonds is 2. The molecule has 12 heavy (non-hydrogen) atoms. The van der Waals surface area contributed by atoms with Crippen LogP contribution in [0.4, 0.5) is 0 Å². The topological polar surface area (TPSA) is 57.5 Å². The summed E-state index contributed by atoms with van der Waals surface area (Å²) < 4.78 is 10.4. The van der Waals surface area contributed by atoms with Gasteiger partial charge in [0.05, 0.1) is 0 Å². The molecule has 0 saturated heterocycles. The molecule has 1 radical (unpaired) electrons. The standard InChI is InChI=1S/C7H7O3P.Cu/c8-7(11(9)10)6-4-2-1-3-5-6;/h1-5,7-8H;/p+1. The molecule has 0 bridgehead atoms. The molecule has 0 aliphatic carbocycles. The summed E-state index contributed by atoms with van der Waals surface area (Å²) in [6.45, 7) is 0. The van der Waals surface area contributed by atoms with Gasteiger partial charge in [0.15, 0.2) is 0 Å². The molecule has 0 aliphatic heterocycles. The molecule has 2 atom stereocenters. The molecule has 1 aromatic rings. The molecule has 1 aromatic carbocycles. The number of aliphatic hydroxyl groups excluding tert-OH is 1. The van der Waals surface area contributed by atoms with Crippen molar-refractivity contribution < 1.29 is 31.6 Å². The van der Waals surface area contributed by atoms with E-state index >= 15 is 0 Å². The molecule has 3 nitrogen and oxygen atoms in total. The molecule has 0 saturated carbocycles. The first-order chi connectivity index (χ1) is 5.22. The van der Waals surface area contributed by atoms with Gasteiger partial charge in [0, 0.05) is 22.6 Å². The summed E-state index contributed by atoms with van der Waals surface area (Å²) in [5.74, 6) is -1.26. The Bertz CT molecular complexity index is 252. The van der Waals surface area contributed by atoms with Gasteiger partial charge in [-0.1, -0.05) is 30.3 Å². The van der Waals surface area contributed by atoms with Gasteiger partial charge in [0.1, 0.15) is 0 Å². The Morgan fingerprint density at radius 2 is 1.75 bits per heavy atom. The zero-order valence-corrected chi connectivity index (χ0v) is 7.85. The summed E-state index contributed by atoms with van der Waals surface area (Å²) in [7, 11) is -2.53. The summed E-state index contributed by atoms with van der Waals surface area (Å²) in [5.41, 5.74) is 0.469. The third-order valence-electron chi connectivity index (χ3n) is 1.31. The van der Waals surface area contributed by atoms with E-state index in [-0.39, 0.29) is 17.1 Å². The summed E-state index contributed by atoms with van der Waals surface area (Å²) in [6.07, 6.45) is 0. The van der Waals surface area contributed by atoms with Crippen molar-refractivity contribution in [3.05, 3.63) is 35.9 Å². The zero-order valence-electron chi connectivity index (χ0n) is 6.02. The smallest absolute Gasteiger partial charge is 0.345 e. The van der Waals surface area contributed by atoms with Crippen LogP contribution < -0.4 is 0 Å². The van der Waals surface area contributed by atoms with Gasteiger partial charge in [0.25, 0.3) is 0 Å². The first-order valence-electron chi connectivity index (χ1n) is 3.10. The van der Waals surface area contributed by atoms with Gasteiger partial charge < -0.3 is 5.11 Å². The van der Waals surface area contributed by atoms with E-state index < -0.39 is 13.9 Å². The minimum atomic E-state index is -2.53. The molecule has 2 N–H and O–H groups in total. The van der Waals surface area contributed by atoms with Gasteiger partial charge in [-0.3, -0.25) is 0 Å². The number of benzene rings is 1. The van der Waals surface area contributed by atoms with Crippen molar-refractivity contribution in [2.75, 3.05) is 0 Å². The number of hydrogen-bond acceptors (Lipinski definition) is 2. The maximum absolute atomic E-state index is 10.4. The molecule has 0 amide bonds. The second kappa shape index (κ2) is 5.41. The van der Waals surface area contributed by atoms with Gasteiger partial charge in [-0.25, -0.2) is 0 Å². The third kappa shape index (κ3) is 3.02. The van der Waals surface area contributed by atoms with Crippen molar-refractivity contribution in [2.24, 2.45) is 0 Å². The van der Waals surface area contributed by atoms with Crippen LogP contribution in [0.5, 0.6) is 0 Å². The van der Waals surface area contributed by atoms with Crippen LogP contribution in [0.1, 0.15) is 11.4 Å². The third-order valence-corrected chi connectivity index (χ3v) is 2.02. The first-order valence-corrected chi connectivity index (χ1v) is 4.38. The minimum Gasteiger partial charge on any atom is -0.345 e. The fraction of sp³-hybridized carbons (Fsp3) is 0.143. The van der Waals surface area contributed by atoms with Gasteiger partial charge in [-0.05, 0) is 4.57 Å². The predicted molar refractivity (Wildman–Crippen MR) is 41.2 cm³/mol. The van der Waals surface area contributed by atoms with Crippen molar-refractivity contribution in [1.29, 1.82) is 0 Å². The average molecular weight is 235 g/mol. The van der Waals surface area contributed by atoms with E-state index in [4.69, 9.17) is 10.00 Å². The summed E-state index contributed by atoms with van der Waals surface area (Å²) in [4.78, 5) is 8.53. The Morgan fingerprint density at radius 3 is 2.17 bits per heavy atom. The Balaban J connectivity index is 0.00000121. The van der Waals surface area contributed by atoms with Crippen LogP contribution in [0.3, 0.4) is 0 Å². The number of aliphatic hydroxyl groups is 1. The van der Waals surface area contributed by atoms with Crippen LogP contribution in [0.25, 0.3) is 0 Å². The average Bonchev–Trinajstić information content (AvgIpc) is 2.05. The largest absolute Gasteiger partial charge is 0.542 e. The summed E-state index contributed by atoms with van der Waals surface area (Å²) in [5, 5.41) is 9.06. The van der Waals surface area contributed by atoms with Crippen molar-refractivity contribution >= 4 is 8.03 Å². The van der Waals surface area contributed by atoms with E-state index in [0.29, 0.717) is 5.56 Å². The summed E-state index contributed by atoms with van der Waals surface area (Å²) >= 11 is 0. The van der Waals surface area contributed by atoms with Crippen LogP contribution in [-0.4, -0.2) is 10.00 Å². The van der Waals surface area contributed by atoms with Crippen molar-refractivity contribution in [1.82, 2.24) is 0 Å². The van der Waals surface area contributed by atoms with Gasteiger partial charge in [-0.15, -0.1) is 0 Å². The maximum atomic E-state index is 10.4. The molecule has 0 heterocycles. The predicted octanol–water partition coefficient (Wildman–Crippen LogP) is 1.41. The molecule has 5 heteroatoms. The van der Waals surface area contributed by atoms with E-state index in [9.17, 15) is 4.57 Å². The normalized spacial score (nSPS) is 13.0.